The maximum absolute atomic E-state index is 12.2. The molecule has 0 saturated carbocycles. The van der Waals surface area contributed by atoms with E-state index in [-0.39, 0.29) is 5.83 Å². The standard InChI is InChI=1S/C7H6BrFS/c1-5(9)4-6-2-3-7(8)10-6/h2-4H,1H3. The van der Waals surface area contributed by atoms with E-state index in [4.69, 9.17) is 0 Å². The van der Waals surface area contributed by atoms with Crippen LogP contribution in [0.25, 0.3) is 6.08 Å². The van der Waals surface area contributed by atoms with Crippen LogP contribution >= 0.6 is 27.3 Å². The Morgan fingerprint density at radius 2 is 2.40 bits per heavy atom. The third kappa shape index (κ3) is 2.23. The molecule has 3 heteroatoms. The molecule has 10 heavy (non-hydrogen) atoms. The first-order valence-electron chi connectivity index (χ1n) is 2.77. The lowest BCUT2D eigenvalue weighted by molar-refractivity contribution is 0.648. The molecule has 0 nitrogen and oxygen atoms in total. The van der Waals surface area contributed by atoms with Crippen molar-refractivity contribution >= 4 is 33.3 Å². The molecule has 0 radical (unpaired) electrons. The Hall–Kier alpha value is -0.150. The summed E-state index contributed by atoms with van der Waals surface area (Å²) in [6.07, 6.45) is 1.51. The smallest absolute Gasteiger partial charge is 0.0982 e. The Labute approximate surface area is 71.5 Å². The number of rotatable bonds is 1. The van der Waals surface area contributed by atoms with Gasteiger partial charge in [-0.3, -0.25) is 0 Å². The average molecular weight is 221 g/mol. The quantitative estimate of drug-likeness (QED) is 0.675. The molecular weight excluding hydrogens is 215 g/mol. The van der Waals surface area contributed by atoms with Gasteiger partial charge in [-0.1, -0.05) is 0 Å². The minimum absolute atomic E-state index is 0.158. The van der Waals surface area contributed by atoms with E-state index < -0.39 is 0 Å². The predicted octanol–water partition coefficient (Wildman–Crippen LogP) is 3.84. The van der Waals surface area contributed by atoms with E-state index in [9.17, 15) is 4.39 Å². The van der Waals surface area contributed by atoms with Crippen molar-refractivity contribution in [3.05, 3.63) is 26.6 Å². The number of allylic oxidation sites excluding steroid dienone is 1. The highest BCUT2D eigenvalue weighted by Crippen LogP contribution is 2.23. The zero-order valence-corrected chi connectivity index (χ0v) is 7.80. The number of hydrogen-bond acceptors (Lipinski definition) is 1. The zero-order valence-electron chi connectivity index (χ0n) is 5.40. The first kappa shape index (κ1) is 7.95. The van der Waals surface area contributed by atoms with Crippen molar-refractivity contribution in [2.45, 2.75) is 6.92 Å². The minimum Gasteiger partial charge on any atom is -0.212 e. The summed E-state index contributed by atoms with van der Waals surface area (Å²) in [7, 11) is 0. The van der Waals surface area contributed by atoms with Crippen LogP contribution in [0.2, 0.25) is 0 Å². The van der Waals surface area contributed by atoms with Crippen LogP contribution < -0.4 is 0 Å². The first-order chi connectivity index (χ1) is 4.68. The SMILES string of the molecule is CC(F)=Cc1ccc(Br)s1. The van der Waals surface area contributed by atoms with Crippen molar-refractivity contribution in [1.29, 1.82) is 0 Å². The maximum Gasteiger partial charge on any atom is 0.0982 e. The fourth-order valence-electron chi connectivity index (χ4n) is 0.602. The van der Waals surface area contributed by atoms with Crippen LogP contribution in [0, 0.1) is 0 Å². The summed E-state index contributed by atoms with van der Waals surface area (Å²) in [6.45, 7) is 1.44. The molecule has 0 atom stereocenters. The lowest BCUT2D eigenvalue weighted by Gasteiger charge is -1.81. The molecule has 0 amide bonds. The topological polar surface area (TPSA) is 0 Å². The van der Waals surface area contributed by atoms with E-state index in [1.807, 2.05) is 12.1 Å². The third-order valence-corrected chi connectivity index (χ3v) is 2.51. The summed E-state index contributed by atoms with van der Waals surface area (Å²) >= 11 is 4.81. The Morgan fingerprint density at radius 1 is 1.70 bits per heavy atom. The largest absolute Gasteiger partial charge is 0.212 e. The van der Waals surface area contributed by atoms with Gasteiger partial charge in [0.05, 0.1) is 9.61 Å². The zero-order chi connectivity index (χ0) is 7.56. The van der Waals surface area contributed by atoms with Crippen LogP contribution in [0.5, 0.6) is 0 Å². The molecule has 0 N–H and O–H groups in total. The fourth-order valence-corrected chi connectivity index (χ4v) is 2.01. The van der Waals surface area contributed by atoms with E-state index in [1.165, 1.54) is 24.3 Å². The lowest BCUT2D eigenvalue weighted by Crippen LogP contribution is -1.58. The molecule has 1 aromatic heterocycles. The van der Waals surface area contributed by atoms with E-state index in [0.29, 0.717) is 0 Å². The van der Waals surface area contributed by atoms with Gasteiger partial charge < -0.3 is 0 Å². The van der Waals surface area contributed by atoms with Gasteiger partial charge in [-0.25, -0.2) is 4.39 Å². The monoisotopic (exact) mass is 220 g/mol. The van der Waals surface area contributed by atoms with Crippen molar-refractivity contribution < 1.29 is 4.39 Å². The van der Waals surface area contributed by atoms with E-state index in [1.54, 1.807) is 0 Å². The van der Waals surface area contributed by atoms with Gasteiger partial charge in [-0.2, -0.15) is 0 Å². The normalized spacial score (nSPS) is 12.1. The Morgan fingerprint density at radius 3 is 2.80 bits per heavy atom. The maximum atomic E-state index is 12.2. The fraction of sp³-hybridized carbons (Fsp3) is 0.143. The van der Waals surface area contributed by atoms with Crippen LogP contribution in [0.1, 0.15) is 11.8 Å². The summed E-state index contributed by atoms with van der Waals surface area (Å²) in [5, 5.41) is 0. The summed E-state index contributed by atoms with van der Waals surface area (Å²) in [5.74, 6) is -0.158. The second kappa shape index (κ2) is 3.30. The van der Waals surface area contributed by atoms with E-state index >= 15 is 0 Å². The number of halogens is 2. The number of hydrogen-bond donors (Lipinski definition) is 0. The summed E-state index contributed by atoms with van der Waals surface area (Å²) < 4.78 is 13.3. The molecule has 0 spiro atoms. The predicted molar refractivity (Wildman–Crippen MR) is 46.8 cm³/mol. The second-order valence-corrected chi connectivity index (χ2v) is 4.37. The molecule has 1 rings (SSSR count). The highest BCUT2D eigenvalue weighted by molar-refractivity contribution is 9.11. The lowest BCUT2D eigenvalue weighted by atomic mass is 10.4. The molecule has 0 fully saturated rings. The van der Waals surface area contributed by atoms with Gasteiger partial charge in [0.15, 0.2) is 0 Å². The van der Waals surface area contributed by atoms with Crippen molar-refractivity contribution in [2.24, 2.45) is 0 Å². The molecular formula is C7H6BrFS. The first-order valence-corrected chi connectivity index (χ1v) is 4.38. The molecule has 0 aliphatic heterocycles. The molecule has 0 aliphatic rings. The summed E-state index contributed by atoms with van der Waals surface area (Å²) in [4.78, 5) is 0.937. The highest BCUT2D eigenvalue weighted by Gasteiger charge is 1.93. The molecule has 1 aromatic rings. The van der Waals surface area contributed by atoms with Gasteiger partial charge in [-0.05, 0) is 41.1 Å². The van der Waals surface area contributed by atoms with Crippen LogP contribution in [0.15, 0.2) is 21.7 Å². The van der Waals surface area contributed by atoms with Crippen molar-refractivity contribution in [1.82, 2.24) is 0 Å². The Balaban J connectivity index is 2.86. The van der Waals surface area contributed by atoms with Crippen LogP contribution in [-0.4, -0.2) is 0 Å². The van der Waals surface area contributed by atoms with Crippen molar-refractivity contribution in [2.75, 3.05) is 0 Å². The van der Waals surface area contributed by atoms with Crippen LogP contribution in [0.4, 0.5) is 4.39 Å². The van der Waals surface area contributed by atoms with Crippen LogP contribution in [0.3, 0.4) is 0 Å². The van der Waals surface area contributed by atoms with E-state index in [2.05, 4.69) is 15.9 Å². The molecule has 0 aliphatic carbocycles. The van der Waals surface area contributed by atoms with Crippen molar-refractivity contribution in [3.8, 4) is 0 Å². The van der Waals surface area contributed by atoms with Gasteiger partial charge in [0.25, 0.3) is 0 Å². The molecule has 0 unspecified atom stereocenters. The summed E-state index contributed by atoms with van der Waals surface area (Å²) in [5.41, 5.74) is 0. The molecule has 0 aromatic carbocycles. The molecule has 1 heterocycles. The molecule has 0 bridgehead atoms. The van der Waals surface area contributed by atoms with Crippen LogP contribution in [-0.2, 0) is 0 Å². The molecule has 0 saturated heterocycles. The van der Waals surface area contributed by atoms with Gasteiger partial charge >= 0.3 is 0 Å². The third-order valence-electron chi connectivity index (χ3n) is 0.935. The Bertz CT molecular complexity index is 248. The van der Waals surface area contributed by atoms with Gasteiger partial charge in [-0.15, -0.1) is 11.3 Å². The minimum atomic E-state index is -0.158. The Kier molecular flexibility index (Phi) is 2.63. The molecule has 54 valence electrons. The van der Waals surface area contributed by atoms with Crippen molar-refractivity contribution in [3.63, 3.8) is 0 Å². The van der Waals surface area contributed by atoms with E-state index in [0.717, 1.165) is 8.66 Å². The van der Waals surface area contributed by atoms with Gasteiger partial charge in [0, 0.05) is 4.88 Å². The van der Waals surface area contributed by atoms with Gasteiger partial charge in [0.2, 0.25) is 0 Å². The second-order valence-electron chi connectivity index (χ2n) is 1.87. The highest BCUT2D eigenvalue weighted by atomic mass is 79.9. The summed E-state index contributed by atoms with van der Waals surface area (Å²) in [6, 6.07) is 3.78. The number of thiophene rings is 1. The average Bonchev–Trinajstić information content (AvgIpc) is 2.13. The van der Waals surface area contributed by atoms with Gasteiger partial charge in [0.1, 0.15) is 0 Å².